The molecule has 142 valence electrons. The summed E-state index contributed by atoms with van der Waals surface area (Å²) in [7, 11) is 0. The molecule has 3 rings (SSSR count). The van der Waals surface area contributed by atoms with E-state index in [1.54, 1.807) is 13.8 Å². The molecule has 2 amide bonds. The summed E-state index contributed by atoms with van der Waals surface area (Å²) >= 11 is 0. The molecule has 1 aliphatic heterocycles. The van der Waals surface area contributed by atoms with Gasteiger partial charge in [0.05, 0.1) is 5.92 Å². The number of hydrogen-bond donors (Lipinski definition) is 2. The quantitative estimate of drug-likeness (QED) is 0.777. The number of fused-ring (bicyclic) bond motifs is 1. The van der Waals surface area contributed by atoms with Gasteiger partial charge in [0, 0.05) is 18.2 Å². The van der Waals surface area contributed by atoms with Gasteiger partial charge in [-0.1, -0.05) is 18.1 Å². The average Bonchev–Trinajstić information content (AvgIpc) is 3.02. The van der Waals surface area contributed by atoms with Crippen LogP contribution in [0.25, 0.3) is 0 Å². The summed E-state index contributed by atoms with van der Waals surface area (Å²) in [6, 6.07) is 5.30. The van der Waals surface area contributed by atoms with Gasteiger partial charge in [-0.2, -0.15) is 0 Å². The molecule has 9 heteroatoms. The molecule has 2 atom stereocenters. The summed E-state index contributed by atoms with van der Waals surface area (Å²) < 4.78 is 23.6. The van der Waals surface area contributed by atoms with E-state index < -0.39 is 35.6 Å². The molecule has 0 aliphatic carbocycles. The molecular weight excluding hydrogens is 357 g/mol. The van der Waals surface area contributed by atoms with E-state index in [-0.39, 0.29) is 24.3 Å². The molecule has 0 saturated carbocycles. The molecule has 0 bridgehead atoms. The normalized spacial score (nSPS) is 16.9. The summed E-state index contributed by atoms with van der Waals surface area (Å²) in [5, 5.41) is 8.69. The molecule has 1 aromatic carbocycles. The van der Waals surface area contributed by atoms with Crippen LogP contribution in [0, 0.1) is 12.7 Å². The zero-order valence-electron chi connectivity index (χ0n) is 14.7. The largest absolute Gasteiger partial charge is 0.452 e. The predicted octanol–water partition coefficient (Wildman–Crippen LogP) is 2.51. The van der Waals surface area contributed by atoms with Crippen molar-refractivity contribution in [1.29, 1.82) is 0 Å². The minimum Gasteiger partial charge on any atom is -0.452 e. The minimum absolute atomic E-state index is 0.141. The van der Waals surface area contributed by atoms with Gasteiger partial charge >= 0.3 is 5.97 Å². The van der Waals surface area contributed by atoms with Crippen LogP contribution in [-0.4, -0.2) is 29.0 Å². The number of aryl methyl sites for hydroxylation is 1. The number of esters is 1. The van der Waals surface area contributed by atoms with E-state index in [4.69, 9.17) is 9.26 Å². The number of nitrogens with zero attached hydrogens (tertiary/aromatic N) is 1. The molecule has 0 spiro atoms. The van der Waals surface area contributed by atoms with Crippen LogP contribution in [-0.2, 0) is 19.1 Å². The van der Waals surface area contributed by atoms with Crippen LogP contribution in [0.2, 0.25) is 0 Å². The molecule has 1 aromatic heterocycles. The number of ether oxygens (including phenoxy) is 1. The number of amides is 2. The van der Waals surface area contributed by atoms with Crippen molar-refractivity contribution in [2.24, 2.45) is 0 Å². The Kier molecular flexibility index (Phi) is 5.20. The molecule has 2 N–H and O–H groups in total. The lowest BCUT2D eigenvalue weighted by Gasteiger charge is -2.25. The molecule has 27 heavy (non-hydrogen) atoms. The fourth-order valence-corrected chi connectivity index (χ4v) is 2.82. The maximum absolute atomic E-state index is 13.4. The van der Waals surface area contributed by atoms with Crippen LogP contribution in [0.4, 0.5) is 15.9 Å². The number of halogens is 1. The smallest absolute Gasteiger partial charge is 0.314 e. The van der Waals surface area contributed by atoms with Gasteiger partial charge in [0.15, 0.2) is 11.9 Å². The van der Waals surface area contributed by atoms with Gasteiger partial charge in [0.25, 0.3) is 5.91 Å². The monoisotopic (exact) mass is 375 g/mol. The summed E-state index contributed by atoms with van der Waals surface area (Å²) in [6.45, 7) is 3.36. The second kappa shape index (κ2) is 7.56. The highest BCUT2D eigenvalue weighted by Gasteiger charge is 2.34. The zero-order valence-corrected chi connectivity index (χ0v) is 14.7. The third-order valence-corrected chi connectivity index (χ3v) is 4.14. The molecule has 8 nitrogen and oxygen atoms in total. The van der Waals surface area contributed by atoms with E-state index in [1.165, 1.54) is 18.2 Å². The second-order valence-corrected chi connectivity index (χ2v) is 6.18. The van der Waals surface area contributed by atoms with E-state index in [2.05, 4.69) is 15.8 Å². The van der Waals surface area contributed by atoms with Crippen molar-refractivity contribution in [3.05, 3.63) is 41.4 Å². The van der Waals surface area contributed by atoms with Crippen LogP contribution >= 0.6 is 0 Å². The standard InChI is InChI=1S/C18H18FN3O5/c1-3-14(17(24)21-15-6-9(2)27-22-15)26-18(25)12-8-16(23)20-13-7-10(19)4-5-11(12)13/h4-7,12,14H,3,8H2,1-2H3,(H,20,23)(H,21,22,24)/t12-,14+/m1/s1. The molecule has 0 unspecified atom stereocenters. The van der Waals surface area contributed by atoms with Crippen LogP contribution in [0.3, 0.4) is 0 Å². The van der Waals surface area contributed by atoms with Gasteiger partial charge in [0.2, 0.25) is 5.91 Å². The summed E-state index contributed by atoms with van der Waals surface area (Å²) in [5.74, 6) is -2.42. The third kappa shape index (κ3) is 4.13. The summed E-state index contributed by atoms with van der Waals surface area (Å²) in [6.07, 6.45) is -0.981. The minimum atomic E-state index is -1.07. The first-order valence-corrected chi connectivity index (χ1v) is 8.41. The Labute approximate surface area is 154 Å². The Hall–Kier alpha value is -3.23. The Bertz CT molecular complexity index is 895. The Morgan fingerprint density at radius 3 is 2.89 bits per heavy atom. The first-order chi connectivity index (χ1) is 12.9. The fourth-order valence-electron chi connectivity index (χ4n) is 2.82. The Morgan fingerprint density at radius 2 is 2.22 bits per heavy atom. The third-order valence-electron chi connectivity index (χ3n) is 4.14. The van der Waals surface area contributed by atoms with Crippen molar-refractivity contribution in [3.8, 4) is 0 Å². The number of anilines is 2. The lowest BCUT2D eigenvalue weighted by Crippen LogP contribution is -2.36. The van der Waals surface area contributed by atoms with Gasteiger partial charge < -0.3 is 19.9 Å². The molecule has 1 aliphatic rings. The second-order valence-electron chi connectivity index (χ2n) is 6.18. The lowest BCUT2D eigenvalue weighted by atomic mass is 9.90. The van der Waals surface area contributed by atoms with E-state index in [0.29, 0.717) is 11.3 Å². The predicted molar refractivity (Wildman–Crippen MR) is 92.4 cm³/mol. The topological polar surface area (TPSA) is 111 Å². The average molecular weight is 375 g/mol. The van der Waals surface area contributed by atoms with Gasteiger partial charge in [-0.3, -0.25) is 14.4 Å². The van der Waals surface area contributed by atoms with Crippen LogP contribution in [0.15, 0.2) is 28.8 Å². The first-order valence-electron chi connectivity index (χ1n) is 8.41. The van der Waals surface area contributed by atoms with Crippen molar-refractivity contribution in [1.82, 2.24) is 5.16 Å². The number of benzene rings is 1. The molecule has 0 radical (unpaired) electrons. The molecule has 0 fully saturated rings. The van der Waals surface area contributed by atoms with Crippen LogP contribution in [0.5, 0.6) is 0 Å². The zero-order chi connectivity index (χ0) is 19.6. The number of nitrogens with one attached hydrogen (secondary N) is 2. The van der Waals surface area contributed by atoms with Crippen molar-refractivity contribution in [2.45, 2.75) is 38.7 Å². The molecular formula is C18H18FN3O5. The van der Waals surface area contributed by atoms with E-state index in [9.17, 15) is 18.8 Å². The van der Waals surface area contributed by atoms with Gasteiger partial charge in [-0.05, 0) is 31.0 Å². The van der Waals surface area contributed by atoms with E-state index >= 15 is 0 Å². The lowest BCUT2D eigenvalue weighted by molar-refractivity contribution is -0.156. The number of carbonyl (C=O) groups excluding carboxylic acids is 3. The van der Waals surface area contributed by atoms with Gasteiger partial charge in [0.1, 0.15) is 11.6 Å². The van der Waals surface area contributed by atoms with Gasteiger partial charge in [-0.15, -0.1) is 0 Å². The SMILES string of the molecule is CC[C@H](OC(=O)[C@@H]1CC(=O)Nc2cc(F)ccc21)C(=O)Nc1cc(C)on1. The van der Waals surface area contributed by atoms with Crippen LogP contribution < -0.4 is 10.6 Å². The van der Waals surface area contributed by atoms with Crippen molar-refractivity contribution >= 4 is 29.3 Å². The first kappa shape index (κ1) is 18.6. The summed E-state index contributed by atoms with van der Waals surface area (Å²) in [5.41, 5.74) is 0.673. The highest BCUT2D eigenvalue weighted by Crippen LogP contribution is 2.34. The maximum Gasteiger partial charge on any atom is 0.314 e. The van der Waals surface area contributed by atoms with E-state index in [1.807, 2.05) is 0 Å². The fraction of sp³-hybridized carbons (Fsp3) is 0.333. The highest BCUT2D eigenvalue weighted by molar-refractivity contribution is 6.01. The van der Waals surface area contributed by atoms with Crippen molar-refractivity contribution in [3.63, 3.8) is 0 Å². The molecule has 2 heterocycles. The maximum atomic E-state index is 13.4. The number of carbonyl (C=O) groups is 3. The Balaban J connectivity index is 1.73. The van der Waals surface area contributed by atoms with Crippen molar-refractivity contribution in [2.75, 3.05) is 10.6 Å². The number of hydrogen-bond acceptors (Lipinski definition) is 6. The number of aromatic nitrogens is 1. The van der Waals surface area contributed by atoms with Gasteiger partial charge in [-0.25, -0.2) is 4.39 Å². The Morgan fingerprint density at radius 1 is 1.44 bits per heavy atom. The van der Waals surface area contributed by atoms with E-state index in [0.717, 1.165) is 6.07 Å². The number of rotatable bonds is 5. The highest BCUT2D eigenvalue weighted by atomic mass is 19.1. The van der Waals surface area contributed by atoms with Crippen molar-refractivity contribution < 1.29 is 28.0 Å². The summed E-state index contributed by atoms with van der Waals surface area (Å²) in [4.78, 5) is 36.8. The van der Waals surface area contributed by atoms with Crippen LogP contribution in [0.1, 0.15) is 37.0 Å². The molecule has 0 saturated heterocycles. The molecule has 2 aromatic rings.